The number of nitrogens with zero attached hydrogens (tertiary/aromatic N) is 2. The summed E-state index contributed by atoms with van der Waals surface area (Å²) >= 11 is 0. The summed E-state index contributed by atoms with van der Waals surface area (Å²) in [6.45, 7) is 0. The van der Waals surface area contributed by atoms with E-state index < -0.39 is 0 Å². The van der Waals surface area contributed by atoms with Gasteiger partial charge in [-0.1, -0.05) is 0 Å². The average Bonchev–Trinajstić information content (AvgIpc) is 2.71. The molecule has 0 fully saturated rings. The predicted molar refractivity (Wildman–Crippen MR) is 45.1 cm³/mol. The molecule has 0 atom stereocenters. The van der Waals surface area contributed by atoms with Crippen LogP contribution in [0, 0.1) is 0 Å². The Morgan fingerprint density at radius 1 is 1.23 bits per heavy atom. The first-order valence-electron chi connectivity index (χ1n) is 3.70. The maximum Gasteiger partial charge on any atom is 0.181 e. The molecule has 2 aromatic rings. The molecule has 0 aliphatic rings. The van der Waals surface area contributed by atoms with Crippen LogP contribution in [-0.4, -0.2) is 16.3 Å². The number of hydrogen-bond donors (Lipinski definition) is 0. The summed E-state index contributed by atoms with van der Waals surface area (Å²) in [6.07, 6.45) is 5.09. The SMILES string of the molecule is O=Cc1ccc(-c2cocn2)nc1. The van der Waals surface area contributed by atoms with Crippen LogP contribution in [0.25, 0.3) is 11.4 Å². The van der Waals surface area contributed by atoms with E-state index in [1.54, 1.807) is 12.1 Å². The van der Waals surface area contributed by atoms with Gasteiger partial charge in [0.15, 0.2) is 12.7 Å². The molecule has 0 N–H and O–H groups in total. The lowest BCUT2D eigenvalue weighted by Crippen LogP contribution is -1.85. The van der Waals surface area contributed by atoms with Crippen molar-refractivity contribution in [1.29, 1.82) is 0 Å². The molecule has 0 aliphatic carbocycles. The van der Waals surface area contributed by atoms with E-state index in [1.165, 1.54) is 18.9 Å². The lowest BCUT2D eigenvalue weighted by Gasteiger charge is -1.93. The largest absolute Gasteiger partial charge is 0.451 e. The van der Waals surface area contributed by atoms with Crippen LogP contribution in [0.3, 0.4) is 0 Å². The Morgan fingerprint density at radius 3 is 2.69 bits per heavy atom. The highest BCUT2D eigenvalue weighted by molar-refractivity contribution is 5.74. The third-order valence-corrected chi connectivity index (χ3v) is 1.62. The van der Waals surface area contributed by atoms with Crippen LogP contribution in [0.2, 0.25) is 0 Å². The molecule has 64 valence electrons. The minimum atomic E-state index is 0.548. The third kappa shape index (κ3) is 1.46. The molecule has 2 heterocycles. The maximum atomic E-state index is 10.3. The van der Waals surface area contributed by atoms with Gasteiger partial charge in [-0.15, -0.1) is 0 Å². The number of rotatable bonds is 2. The molecule has 0 aromatic carbocycles. The first-order valence-corrected chi connectivity index (χ1v) is 3.70. The highest BCUT2D eigenvalue weighted by Gasteiger charge is 2.01. The normalized spacial score (nSPS) is 9.85. The standard InChI is InChI=1S/C9H6N2O2/c12-4-7-1-2-8(10-3-7)9-5-13-6-11-9/h1-6H. The van der Waals surface area contributed by atoms with Crippen LogP contribution in [0.1, 0.15) is 10.4 Å². The molecule has 0 aliphatic heterocycles. The average molecular weight is 174 g/mol. The molecule has 0 radical (unpaired) electrons. The molecule has 2 aromatic heterocycles. The highest BCUT2D eigenvalue weighted by Crippen LogP contribution is 2.13. The maximum absolute atomic E-state index is 10.3. The van der Waals surface area contributed by atoms with Crippen molar-refractivity contribution in [2.24, 2.45) is 0 Å². The molecule has 4 heteroatoms. The molecule has 0 amide bonds. The van der Waals surface area contributed by atoms with E-state index in [4.69, 9.17) is 4.42 Å². The summed E-state index contributed by atoms with van der Waals surface area (Å²) in [5.41, 5.74) is 1.91. The van der Waals surface area contributed by atoms with Gasteiger partial charge in [-0.05, 0) is 12.1 Å². The first kappa shape index (κ1) is 7.67. The van der Waals surface area contributed by atoms with E-state index in [0.29, 0.717) is 17.0 Å². The second-order valence-electron chi connectivity index (χ2n) is 2.47. The van der Waals surface area contributed by atoms with Gasteiger partial charge in [-0.2, -0.15) is 0 Å². The molecular weight excluding hydrogens is 168 g/mol. The lowest BCUT2D eigenvalue weighted by molar-refractivity contribution is 0.112. The number of carbonyl (C=O) groups is 1. The Morgan fingerprint density at radius 2 is 2.15 bits per heavy atom. The van der Waals surface area contributed by atoms with Crippen molar-refractivity contribution in [2.75, 3.05) is 0 Å². The van der Waals surface area contributed by atoms with Gasteiger partial charge < -0.3 is 4.42 Å². The number of hydrogen-bond acceptors (Lipinski definition) is 4. The smallest absolute Gasteiger partial charge is 0.181 e. The molecule has 0 unspecified atom stereocenters. The van der Waals surface area contributed by atoms with Crippen molar-refractivity contribution in [1.82, 2.24) is 9.97 Å². The molecule has 0 bridgehead atoms. The van der Waals surface area contributed by atoms with Crippen LogP contribution in [0.15, 0.2) is 35.4 Å². The fourth-order valence-corrected chi connectivity index (χ4v) is 0.966. The minimum Gasteiger partial charge on any atom is -0.451 e. The predicted octanol–water partition coefficient (Wildman–Crippen LogP) is 1.55. The van der Waals surface area contributed by atoms with E-state index in [1.807, 2.05) is 0 Å². The highest BCUT2D eigenvalue weighted by atomic mass is 16.3. The topological polar surface area (TPSA) is 56.0 Å². The van der Waals surface area contributed by atoms with Gasteiger partial charge in [0, 0.05) is 11.8 Å². The monoisotopic (exact) mass is 174 g/mol. The summed E-state index contributed by atoms with van der Waals surface area (Å²) < 4.78 is 4.80. The lowest BCUT2D eigenvalue weighted by atomic mass is 10.2. The number of oxazole rings is 1. The van der Waals surface area contributed by atoms with Crippen molar-refractivity contribution in [3.8, 4) is 11.4 Å². The van der Waals surface area contributed by atoms with E-state index in [-0.39, 0.29) is 0 Å². The van der Waals surface area contributed by atoms with Crippen molar-refractivity contribution in [2.45, 2.75) is 0 Å². The Balaban J connectivity index is 2.38. The van der Waals surface area contributed by atoms with Crippen LogP contribution < -0.4 is 0 Å². The Kier molecular flexibility index (Phi) is 1.88. The zero-order valence-electron chi connectivity index (χ0n) is 6.68. The van der Waals surface area contributed by atoms with Crippen molar-refractivity contribution >= 4 is 6.29 Å². The summed E-state index contributed by atoms with van der Waals surface area (Å²) in [7, 11) is 0. The van der Waals surface area contributed by atoms with Crippen molar-refractivity contribution in [3.05, 3.63) is 36.5 Å². The number of carbonyl (C=O) groups excluding carboxylic acids is 1. The molecule has 0 spiro atoms. The van der Waals surface area contributed by atoms with E-state index in [0.717, 1.165) is 6.29 Å². The van der Waals surface area contributed by atoms with Crippen LogP contribution >= 0.6 is 0 Å². The van der Waals surface area contributed by atoms with Gasteiger partial charge in [0.1, 0.15) is 12.0 Å². The second-order valence-corrected chi connectivity index (χ2v) is 2.47. The Hall–Kier alpha value is -1.97. The van der Waals surface area contributed by atoms with Gasteiger partial charge in [0.25, 0.3) is 0 Å². The fraction of sp³-hybridized carbons (Fsp3) is 0. The second kappa shape index (κ2) is 3.18. The third-order valence-electron chi connectivity index (χ3n) is 1.62. The number of aldehydes is 1. The van der Waals surface area contributed by atoms with Crippen LogP contribution in [0.4, 0.5) is 0 Å². The summed E-state index contributed by atoms with van der Waals surface area (Å²) in [5, 5.41) is 0. The minimum absolute atomic E-state index is 0.548. The number of aromatic nitrogens is 2. The van der Waals surface area contributed by atoms with Gasteiger partial charge in [-0.3, -0.25) is 9.78 Å². The van der Waals surface area contributed by atoms with Crippen LogP contribution in [0.5, 0.6) is 0 Å². The van der Waals surface area contributed by atoms with Gasteiger partial charge in [0.05, 0.1) is 5.69 Å². The molecular formula is C9H6N2O2. The van der Waals surface area contributed by atoms with Gasteiger partial charge >= 0.3 is 0 Å². The van der Waals surface area contributed by atoms with Gasteiger partial charge in [0.2, 0.25) is 0 Å². The van der Waals surface area contributed by atoms with Crippen molar-refractivity contribution in [3.63, 3.8) is 0 Å². The molecule has 13 heavy (non-hydrogen) atoms. The zero-order valence-corrected chi connectivity index (χ0v) is 6.68. The van der Waals surface area contributed by atoms with E-state index in [2.05, 4.69) is 9.97 Å². The quantitative estimate of drug-likeness (QED) is 0.648. The van der Waals surface area contributed by atoms with E-state index in [9.17, 15) is 4.79 Å². The summed E-state index contributed by atoms with van der Waals surface area (Å²) in [6, 6.07) is 3.41. The zero-order chi connectivity index (χ0) is 9.10. The molecule has 0 saturated carbocycles. The Labute approximate surface area is 74.2 Å². The fourth-order valence-electron chi connectivity index (χ4n) is 0.966. The summed E-state index contributed by atoms with van der Waals surface area (Å²) in [5.74, 6) is 0. The van der Waals surface area contributed by atoms with Crippen molar-refractivity contribution < 1.29 is 9.21 Å². The summed E-state index contributed by atoms with van der Waals surface area (Å²) in [4.78, 5) is 18.3. The van der Waals surface area contributed by atoms with E-state index >= 15 is 0 Å². The molecule has 0 saturated heterocycles. The van der Waals surface area contributed by atoms with Crippen LogP contribution in [-0.2, 0) is 0 Å². The number of pyridine rings is 1. The molecule has 2 rings (SSSR count). The Bertz CT molecular complexity index is 392. The molecule has 4 nitrogen and oxygen atoms in total. The first-order chi connectivity index (χ1) is 6.40. The van der Waals surface area contributed by atoms with Gasteiger partial charge in [-0.25, -0.2) is 4.98 Å².